The van der Waals surface area contributed by atoms with E-state index >= 15 is 0 Å². The van der Waals surface area contributed by atoms with Gasteiger partial charge < -0.3 is 4.42 Å². The molecule has 0 bridgehead atoms. The Hall–Kier alpha value is -1.79. The van der Waals surface area contributed by atoms with Crippen LogP contribution in [-0.2, 0) is 4.79 Å². The Morgan fingerprint density at radius 1 is 1.23 bits per heavy atom. The summed E-state index contributed by atoms with van der Waals surface area (Å²) in [6, 6.07) is 9.62. The Balaban J connectivity index is 1.92. The molecular formula is C16H12BrNO3S. The lowest BCUT2D eigenvalue weighted by atomic mass is 10.1. The summed E-state index contributed by atoms with van der Waals surface area (Å²) in [6.45, 7) is 2.02. The summed E-state index contributed by atoms with van der Waals surface area (Å²) in [5.41, 5.74) is 2.09. The average Bonchev–Trinajstić information content (AvgIpc) is 3.01. The molecule has 2 amide bonds. The van der Waals surface area contributed by atoms with Gasteiger partial charge in [-0.15, -0.1) is 0 Å². The van der Waals surface area contributed by atoms with Gasteiger partial charge in [0.2, 0.25) is 0 Å². The van der Waals surface area contributed by atoms with Crippen molar-refractivity contribution in [1.82, 2.24) is 4.90 Å². The molecule has 0 unspecified atom stereocenters. The van der Waals surface area contributed by atoms with E-state index in [1.165, 1.54) is 7.05 Å². The van der Waals surface area contributed by atoms with Crippen LogP contribution < -0.4 is 0 Å². The molecule has 0 N–H and O–H groups in total. The van der Waals surface area contributed by atoms with Crippen LogP contribution in [-0.4, -0.2) is 23.1 Å². The van der Waals surface area contributed by atoms with Crippen molar-refractivity contribution >= 4 is 44.9 Å². The number of rotatable bonds is 2. The molecule has 1 aliphatic heterocycles. The molecule has 0 spiro atoms. The van der Waals surface area contributed by atoms with E-state index in [0.717, 1.165) is 32.3 Å². The number of nitrogens with zero attached hydrogens (tertiary/aromatic N) is 1. The summed E-state index contributed by atoms with van der Waals surface area (Å²) < 4.78 is 6.72. The molecule has 6 heteroatoms. The third kappa shape index (κ3) is 2.76. The third-order valence-electron chi connectivity index (χ3n) is 3.28. The number of imide groups is 1. The molecule has 0 aliphatic carbocycles. The van der Waals surface area contributed by atoms with Gasteiger partial charge in [-0.2, -0.15) is 0 Å². The first-order chi connectivity index (χ1) is 10.5. The number of furan rings is 1. The highest BCUT2D eigenvalue weighted by Gasteiger charge is 2.32. The fraction of sp³-hybridized carbons (Fsp3) is 0.125. The summed E-state index contributed by atoms with van der Waals surface area (Å²) in [7, 11) is 1.47. The smallest absolute Gasteiger partial charge is 0.293 e. The first-order valence-corrected chi connectivity index (χ1v) is 8.14. The Labute approximate surface area is 140 Å². The molecule has 4 nitrogen and oxygen atoms in total. The number of thioether (sulfide) groups is 1. The van der Waals surface area contributed by atoms with E-state index in [4.69, 9.17) is 4.42 Å². The van der Waals surface area contributed by atoms with Crippen LogP contribution in [0.4, 0.5) is 4.79 Å². The van der Waals surface area contributed by atoms with Crippen molar-refractivity contribution in [3.63, 3.8) is 0 Å². The van der Waals surface area contributed by atoms with Crippen molar-refractivity contribution in [2.75, 3.05) is 7.05 Å². The van der Waals surface area contributed by atoms with Crippen molar-refractivity contribution in [3.05, 3.63) is 51.0 Å². The minimum atomic E-state index is -0.301. The minimum absolute atomic E-state index is 0.274. The van der Waals surface area contributed by atoms with E-state index < -0.39 is 0 Å². The van der Waals surface area contributed by atoms with Crippen LogP contribution in [0.25, 0.3) is 17.4 Å². The van der Waals surface area contributed by atoms with Gasteiger partial charge >= 0.3 is 0 Å². The summed E-state index contributed by atoms with van der Waals surface area (Å²) in [5, 5.41) is -0.274. The highest BCUT2D eigenvalue weighted by atomic mass is 79.9. The van der Waals surface area contributed by atoms with E-state index in [1.807, 2.05) is 31.2 Å². The molecule has 0 radical (unpaired) electrons. The van der Waals surface area contributed by atoms with Crippen molar-refractivity contribution in [2.24, 2.45) is 0 Å². The number of likely N-dealkylation sites (N-methyl/N-ethyl adjacent to an activating group) is 1. The zero-order chi connectivity index (χ0) is 15.9. The summed E-state index contributed by atoms with van der Waals surface area (Å²) in [5.74, 6) is 0.944. The minimum Gasteiger partial charge on any atom is -0.457 e. The van der Waals surface area contributed by atoms with Crippen LogP contribution in [0.3, 0.4) is 0 Å². The maximum atomic E-state index is 11.9. The van der Waals surface area contributed by atoms with Gasteiger partial charge in [0.25, 0.3) is 11.1 Å². The van der Waals surface area contributed by atoms with Crippen LogP contribution in [0.1, 0.15) is 11.3 Å². The molecule has 1 saturated heterocycles. The molecule has 1 aliphatic rings. The van der Waals surface area contributed by atoms with Crippen LogP contribution in [0.2, 0.25) is 0 Å². The SMILES string of the molecule is Cc1ccc(-c2ccc(/C=C3/SC(=O)N(C)C3=O)o2)c(Br)c1. The largest absolute Gasteiger partial charge is 0.457 e. The van der Waals surface area contributed by atoms with Crippen LogP contribution in [0, 0.1) is 6.92 Å². The van der Waals surface area contributed by atoms with Gasteiger partial charge in [-0.25, -0.2) is 0 Å². The number of halogens is 1. The topological polar surface area (TPSA) is 50.5 Å². The predicted octanol–water partition coefficient (Wildman–Crippen LogP) is 4.68. The number of amides is 2. The Morgan fingerprint density at radius 2 is 2.00 bits per heavy atom. The molecule has 22 heavy (non-hydrogen) atoms. The number of aryl methyl sites for hydroxylation is 1. The molecule has 2 heterocycles. The molecule has 3 rings (SSSR count). The summed E-state index contributed by atoms with van der Waals surface area (Å²) >= 11 is 4.44. The fourth-order valence-electron chi connectivity index (χ4n) is 2.07. The summed E-state index contributed by atoms with van der Waals surface area (Å²) in [4.78, 5) is 24.8. The van der Waals surface area contributed by atoms with E-state index in [9.17, 15) is 9.59 Å². The summed E-state index contributed by atoms with van der Waals surface area (Å²) in [6.07, 6.45) is 1.60. The van der Waals surface area contributed by atoms with Crippen molar-refractivity contribution in [1.29, 1.82) is 0 Å². The highest BCUT2D eigenvalue weighted by Crippen LogP contribution is 2.34. The van der Waals surface area contributed by atoms with Gasteiger partial charge in [0.1, 0.15) is 11.5 Å². The second kappa shape index (κ2) is 5.78. The average molecular weight is 378 g/mol. The second-order valence-corrected chi connectivity index (χ2v) is 6.77. The first kappa shape index (κ1) is 15.1. The van der Waals surface area contributed by atoms with Crippen LogP contribution in [0.5, 0.6) is 0 Å². The Bertz CT molecular complexity index is 809. The molecule has 2 aromatic rings. The number of benzene rings is 1. The van der Waals surface area contributed by atoms with Gasteiger partial charge in [0, 0.05) is 23.2 Å². The van der Waals surface area contributed by atoms with Gasteiger partial charge in [0.05, 0.1) is 4.91 Å². The van der Waals surface area contributed by atoms with Crippen molar-refractivity contribution in [2.45, 2.75) is 6.92 Å². The monoisotopic (exact) mass is 377 g/mol. The van der Waals surface area contributed by atoms with Crippen molar-refractivity contribution < 1.29 is 14.0 Å². The maximum Gasteiger partial charge on any atom is 0.293 e. The van der Waals surface area contributed by atoms with Gasteiger partial charge in [-0.1, -0.05) is 22.0 Å². The predicted molar refractivity (Wildman–Crippen MR) is 90.3 cm³/mol. The number of hydrogen-bond donors (Lipinski definition) is 0. The highest BCUT2D eigenvalue weighted by molar-refractivity contribution is 9.10. The fourth-order valence-corrected chi connectivity index (χ4v) is 3.57. The lowest BCUT2D eigenvalue weighted by Crippen LogP contribution is -2.22. The molecule has 1 fully saturated rings. The zero-order valence-electron chi connectivity index (χ0n) is 11.9. The van der Waals surface area contributed by atoms with E-state index in [-0.39, 0.29) is 11.1 Å². The third-order valence-corrected chi connectivity index (χ3v) is 4.89. The molecule has 112 valence electrons. The lowest BCUT2D eigenvalue weighted by molar-refractivity contribution is -0.121. The van der Waals surface area contributed by atoms with Gasteiger partial charge in [-0.05, 0) is 48.5 Å². The lowest BCUT2D eigenvalue weighted by Gasteiger charge is -2.02. The molecule has 0 atom stereocenters. The van der Waals surface area contributed by atoms with E-state index in [2.05, 4.69) is 15.9 Å². The van der Waals surface area contributed by atoms with Crippen molar-refractivity contribution in [3.8, 4) is 11.3 Å². The quantitative estimate of drug-likeness (QED) is 0.712. The first-order valence-electron chi connectivity index (χ1n) is 6.53. The molecular weight excluding hydrogens is 366 g/mol. The van der Waals surface area contributed by atoms with E-state index in [1.54, 1.807) is 12.1 Å². The standard InChI is InChI=1S/C16H12BrNO3S/c1-9-3-5-11(12(17)7-9)13-6-4-10(21-13)8-14-15(19)18(2)16(20)22-14/h3-8H,1-2H3/b14-8+. The molecule has 1 aromatic carbocycles. The Morgan fingerprint density at radius 3 is 2.64 bits per heavy atom. The number of carbonyl (C=O) groups is 2. The zero-order valence-corrected chi connectivity index (χ0v) is 14.3. The van der Waals surface area contributed by atoms with Crippen LogP contribution in [0.15, 0.2) is 44.1 Å². The van der Waals surface area contributed by atoms with Crippen LogP contribution >= 0.6 is 27.7 Å². The van der Waals surface area contributed by atoms with Gasteiger partial charge in [0.15, 0.2) is 0 Å². The molecule has 0 saturated carbocycles. The Kier molecular flexibility index (Phi) is 3.97. The maximum absolute atomic E-state index is 11.9. The number of hydrogen-bond acceptors (Lipinski definition) is 4. The number of carbonyl (C=O) groups excluding carboxylic acids is 2. The second-order valence-electron chi connectivity index (χ2n) is 4.93. The normalized spacial score (nSPS) is 16.9. The van der Waals surface area contributed by atoms with E-state index in [0.29, 0.717) is 16.4 Å². The molecule has 1 aromatic heterocycles. The van der Waals surface area contributed by atoms with Gasteiger partial charge in [-0.3, -0.25) is 14.5 Å².